The molecule has 0 radical (unpaired) electrons. The van der Waals surface area contributed by atoms with Crippen LogP contribution in [0.25, 0.3) is 115 Å². The molecule has 10 aromatic carbocycles. The Bertz CT molecular complexity index is 3340. The Kier molecular flexibility index (Phi) is 6.11. The smallest absolute Gasteiger partial charge is 0.0547 e. The van der Waals surface area contributed by atoms with Gasteiger partial charge in [0.2, 0.25) is 0 Å². The van der Waals surface area contributed by atoms with Crippen LogP contribution in [-0.2, 0) is 5.41 Å². The average molecular weight is 700 g/mol. The van der Waals surface area contributed by atoms with E-state index in [4.69, 9.17) is 0 Å². The van der Waals surface area contributed by atoms with E-state index >= 15 is 0 Å². The van der Waals surface area contributed by atoms with Gasteiger partial charge in [-0.3, -0.25) is 0 Å². The molecule has 12 rings (SSSR count). The van der Waals surface area contributed by atoms with E-state index in [9.17, 15) is 0 Å². The summed E-state index contributed by atoms with van der Waals surface area (Å²) in [6.07, 6.45) is 0. The van der Waals surface area contributed by atoms with E-state index in [1.807, 2.05) is 0 Å². The lowest BCUT2D eigenvalue weighted by atomic mass is 9.83. The molecule has 11 aromatic rings. The molecule has 258 valence electrons. The van der Waals surface area contributed by atoms with Crippen LogP contribution in [0.15, 0.2) is 170 Å². The number of para-hydroxylation sites is 1. The highest BCUT2D eigenvalue weighted by Crippen LogP contribution is 2.50. The summed E-state index contributed by atoms with van der Waals surface area (Å²) < 4.78 is 2.47. The van der Waals surface area contributed by atoms with Crippen molar-refractivity contribution in [1.29, 1.82) is 0 Å². The van der Waals surface area contributed by atoms with Crippen molar-refractivity contribution in [2.45, 2.75) is 26.2 Å². The molecular formula is C54H37N. The van der Waals surface area contributed by atoms with E-state index in [0.717, 1.165) is 5.69 Å². The van der Waals surface area contributed by atoms with Gasteiger partial charge in [0.25, 0.3) is 0 Å². The first kappa shape index (κ1) is 30.7. The van der Waals surface area contributed by atoms with Crippen molar-refractivity contribution in [3.63, 3.8) is 0 Å². The molecule has 0 amide bonds. The van der Waals surface area contributed by atoms with Crippen molar-refractivity contribution < 1.29 is 0 Å². The Labute approximate surface area is 320 Å². The zero-order valence-electron chi connectivity index (χ0n) is 31.1. The van der Waals surface area contributed by atoms with Crippen molar-refractivity contribution in [3.8, 4) is 50.2 Å². The van der Waals surface area contributed by atoms with Gasteiger partial charge in [-0.2, -0.15) is 0 Å². The first-order chi connectivity index (χ1) is 26.9. The van der Waals surface area contributed by atoms with Crippen LogP contribution in [0, 0.1) is 0 Å². The summed E-state index contributed by atoms with van der Waals surface area (Å²) in [4.78, 5) is 0. The van der Waals surface area contributed by atoms with Gasteiger partial charge in [0, 0.05) is 16.5 Å². The summed E-state index contributed by atoms with van der Waals surface area (Å²) >= 11 is 0. The van der Waals surface area contributed by atoms with Crippen molar-refractivity contribution in [2.75, 3.05) is 0 Å². The highest BCUT2D eigenvalue weighted by Gasteiger charge is 2.23. The first-order valence-corrected chi connectivity index (χ1v) is 19.4. The molecule has 1 heterocycles. The lowest BCUT2D eigenvalue weighted by Gasteiger charge is -2.22. The Morgan fingerprint density at radius 3 is 1.53 bits per heavy atom. The molecule has 0 spiro atoms. The number of nitrogens with zero attached hydrogens (tertiary/aromatic N) is 1. The second-order valence-electron chi connectivity index (χ2n) is 16.5. The third-order valence-electron chi connectivity index (χ3n) is 12.4. The fourth-order valence-corrected chi connectivity index (χ4v) is 9.77. The number of fused-ring (bicyclic) bond motifs is 6. The predicted molar refractivity (Wildman–Crippen MR) is 236 cm³/mol. The molecule has 1 nitrogen and oxygen atoms in total. The molecule has 1 aromatic heterocycles. The molecule has 1 aliphatic rings. The third-order valence-corrected chi connectivity index (χ3v) is 12.4. The minimum atomic E-state index is 0.0884. The van der Waals surface area contributed by atoms with E-state index in [2.05, 4.69) is 195 Å². The molecule has 1 aliphatic carbocycles. The Morgan fingerprint density at radius 1 is 0.345 bits per heavy atom. The minimum Gasteiger partial charge on any atom is -0.309 e. The summed E-state index contributed by atoms with van der Waals surface area (Å²) in [6, 6.07) is 64.0. The largest absolute Gasteiger partial charge is 0.309 e. The Hall–Kier alpha value is -6.70. The molecule has 0 fully saturated rings. The summed E-state index contributed by atoms with van der Waals surface area (Å²) in [5.41, 5.74) is 15.4. The Balaban J connectivity index is 1.08. The van der Waals surface area contributed by atoms with Gasteiger partial charge in [0.15, 0.2) is 0 Å². The van der Waals surface area contributed by atoms with Crippen LogP contribution in [0.2, 0.25) is 0 Å². The molecular weight excluding hydrogens is 663 g/mol. The normalized spacial score (nSPS) is 12.6. The third kappa shape index (κ3) is 4.30. The number of benzene rings is 10. The second-order valence-corrected chi connectivity index (χ2v) is 16.5. The zero-order valence-corrected chi connectivity index (χ0v) is 31.1. The van der Waals surface area contributed by atoms with Crippen LogP contribution >= 0.6 is 0 Å². The summed E-state index contributed by atoms with van der Waals surface area (Å²) in [5.74, 6) is 0. The number of hydrogen-bond donors (Lipinski definition) is 0. The van der Waals surface area contributed by atoms with Crippen LogP contribution in [0.4, 0.5) is 0 Å². The molecule has 0 atom stereocenters. The quantitative estimate of drug-likeness (QED) is 0.162. The predicted octanol–water partition coefficient (Wildman–Crippen LogP) is 15.1. The summed E-state index contributed by atoms with van der Waals surface area (Å²) in [7, 11) is 0. The van der Waals surface area contributed by atoms with Crippen molar-refractivity contribution in [3.05, 3.63) is 175 Å². The van der Waals surface area contributed by atoms with Gasteiger partial charge in [-0.25, -0.2) is 0 Å². The molecule has 1 heteroatoms. The SMILES string of the molecule is CC(C)(C)c1cc2ccc3ccc(-c4ccc5c6ccc(-c7ccc8c9c(cccc79)-c7ccccc7-8)cc6n(-c6ccccc6)c5c4)c4ccc(c1)c2c34. The van der Waals surface area contributed by atoms with Gasteiger partial charge >= 0.3 is 0 Å². The van der Waals surface area contributed by atoms with Crippen LogP contribution < -0.4 is 0 Å². The van der Waals surface area contributed by atoms with Gasteiger partial charge in [-0.1, -0.05) is 166 Å². The topological polar surface area (TPSA) is 4.93 Å². The zero-order chi connectivity index (χ0) is 36.6. The van der Waals surface area contributed by atoms with E-state index < -0.39 is 0 Å². The minimum absolute atomic E-state index is 0.0884. The maximum atomic E-state index is 2.47. The summed E-state index contributed by atoms with van der Waals surface area (Å²) in [6.45, 7) is 6.91. The lowest BCUT2D eigenvalue weighted by Crippen LogP contribution is -2.10. The molecule has 0 aliphatic heterocycles. The Morgan fingerprint density at radius 2 is 0.855 bits per heavy atom. The summed E-state index contributed by atoms with van der Waals surface area (Å²) in [5, 5.41) is 13.1. The second kappa shape index (κ2) is 10.9. The molecule has 0 N–H and O–H groups in total. The van der Waals surface area contributed by atoms with Crippen molar-refractivity contribution in [2.24, 2.45) is 0 Å². The highest BCUT2D eigenvalue weighted by molar-refractivity contribution is 6.26. The number of aromatic nitrogens is 1. The molecule has 55 heavy (non-hydrogen) atoms. The fourth-order valence-electron chi connectivity index (χ4n) is 9.77. The van der Waals surface area contributed by atoms with Gasteiger partial charge in [0.1, 0.15) is 0 Å². The highest BCUT2D eigenvalue weighted by atomic mass is 15.0. The van der Waals surface area contributed by atoms with Crippen LogP contribution in [0.1, 0.15) is 26.3 Å². The first-order valence-electron chi connectivity index (χ1n) is 19.4. The number of rotatable bonds is 3. The van der Waals surface area contributed by atoms with Crippen LogP contribution in [0.5, 0.6) is 0 Å². The van der Waals surface area contributed by atoms with E-state index in [1.165, 1.54) is 115 Å². The van der Waals surface area contributed by atoms with E-state index in [1.54, 1.807) is 0 Å². The van der Waals surface area contributed by atoms with Crippen LogP contribution in [-0.4, -0.2) is 4.57 Å². The van der Waals surface area contributed by atoms with E-state index in [-0.39, 0.29) is 5.41 Å². The maximum Gasteiger partial charge on any atom is 0.0547 e. The van der Waals surface area contributed by atoms with Crippen molar-refractivity contribution in [1.82, 2.24) is 4.57 Å². The fraction of sp³-hybridized carbons (Fsp3) is 0.0741. The lowest BCUT2D eigenvalue weighted by molar-refractivity contribution is 0.591. The van der Waals surface area contributed by atoms with Crippen molar-refractivity contribution >= 4 is 64.9 Å². The van der Waals surface area contributed by atoms with E-state index in [0.29, 0.717) is 0 Å². The molecule has 0 unspecified atom stereocenters. The maximum absolute atomic E-state index is 2.47. The standard InChI is InChI=1S/C54H37N/c1-54(2,3)37-28-35-17-16-32-18-22-39(47-25-21-36(29-37)51(35)52(32)47)33-19-23-43-44-24-20-34(31-50(44)55(49(43)30-33)38-10-5-4-6-11-38)40-26-27-48-42-13-8-7-12-41(42)46-15-9-14-45(40)53(46)48/h4-31H,1-3H3. The number of hydrogen-bond acceptors (Lipinski definition) is 0. The average Bonchev–Trinajstić information content (AvgIpc) is 3.72. The van der Waals surface area contributed by atoms with Gasteiger partial charge in [-0.15, -0.1) is 0 Å². The van der Waals surface area contributed by atoms with Gasteiger partial charge in [0.05, 0.1) is 11.0 Å². The monoisotopic (exact) mass is 699 g/mol. The van der Waals surface area contributed by atoms with Gasteiger partial charge < -0.3 is 4.57 Å². The molecule has 0 saturated heterocycles. The molecule has 0 bridgehead atoms. The van der Waals surface area contributed by atoms with Crippen LogP contribution in [0.3, 0.4) is 0 Å². The van der Waals surface area contributed by atoms with Gasteiger partial charge in [-0.05, 0) is 123 Å². The molecule has 0 saturated carbocycles.